The largest absolute Gasteiger partial charge is 0.415 e. The maximum atomic E-state index is 11.5. The molecule has 1 atom stereocenters. The summed E-state index contributed by atoms with van der Waals surface area (Å²) in [6.07, 6.45) is 2.80. The summed E-state index contributed by atoms with van der Waals surface area (Å²) in [5, 5.41) is 4.66. The molecule has 0 aliphatic rings. The van der Waals surface area contributed by atoms with Crippen molar-refractivity contribution in [1.82, 2.24) is 0 Å². The van der Waals surface area contributed by atoms with Gasteiger partial charge in [0.15, 0.2) is 8.32 Å². The molecule has 18 heavy (non-hydrogen) atoms. The lowest BCUT2D eigenvalue weighted by atomic mass is 10.2. The van der Waals surface area contributed by atoms with Crippen LogP contribution in [0.2, 0.25) is 18.1 Å². The Morgan fingerprint density at radius 2 is 1.89 bits per heavy atom. The van der Waals surface area contributed by atoms with Gasteiger partial charge in [0.25, 0.3) is 0 Å². The van der Waals surface area contributed by atoms with Crippen molar-refractivity contribution >= 4 is 18.3 Å². The van der Waals surface area contributed by atoms with E-state index in [4.69, 9.17) is 9.56 Å². The predicted octanol–water partition coefficient (Wildman–Crippen LogP) is 2.63. The molecular weight excluding hydrogens is 266 g/mol. The Morgan fingerprint density at radius 1 is 1.39 bits per heavy atom. The van der Waals surface area contributed by atoms with Crippen LogP contribution < -0.4 is 5.14 Å². The number of sulfonamides is 1. The molecular formula is C12H27NO3SSi. The van der Waals surface area contributed by atoms with Crippen LogP contribution in [0.4, 0.5) is 0 Å². The molecule has 1 unspecified atom stereocenters. The van der Waals surface area contributed by atoms with Gasteiger partial charge in [-0.05, 0) is 31.0 Å². The van der Waals surface area contributed by atoms with Gasteiger partial charge < -0.3 is 4.43 Å². The normalized spacial score (nSPS) is 15.4. The van der Waals surface area contributed by atoms with Gasteiger partial charge in [0.2, 0.25) is 10.0 Å². The summed E-state index contributed by atoms with van der Waals surface area (Å²) >= 11 is 0. The molecule has 0 aromatic heterocycles. The lowest BCUT2D eigenvalue weighted by Gasteiger charge is -2.37. The van der Waals surface area contributed by atoms with Crippen LogP contribution in [0.1, 0.15) is 33.6 Å². The van der Waals surface area contributed by atoms with Gasteiger partial charge in [-0.2, -0.15) is 0 Å². The number of primary sulfonamides is 1. The molecule has 2 N–H and O–H groups in total. The third-order valence-corrected chi connectivity index (χ3v) is 9.40. The minimum atomic E-state index is -3.56. The van der Waals surface area contributed by atoms with E-state index in [0.29, 0.717) is 12.8 Å². The average molecular weight is 294 g/mol. The fourth-order valence-corrected chi connectivity index (χ4v) is 3.06. The number of allylic oxidation sites excluding steroid dienone is 1. The standard InChI is InChI=1S/C12H27NO3SSi/c1-7-8-9-11(17(13,14)15)10-16-18(5,6)12(2,3)4/h7,11H,1,8-10H2,2-6H3,(H2,13,14,15). The molecule has 0 aliphatic carbocycles. The first-order valence-corrected chi connectivity index (χ1v) is 10.7. The lowest BCUT2D eigenvalue weighted by Crippen LogP contribution is -2.44. The second-order valence-electron chi connectivity index (χ2n) is 6.15. The van der Waals surface area contributed by atoms with Crippen LogP contribution >= 0.6 is 0 Å². The van der Waals surface area contributed by atoms with Gasteiger partial charge in [-0.15, -0.1) is 6.58 Å². The van der Waals surface area contributed by atoms with E-state index in [1.807, 2.05) is 0 Å². The number of hydrogen-bond donors (Lipinski definition) is 1. The molecule has 0 rings (SSSR count). The summed E-state index contributed by atoms with van der Waals surface area (Å²) in [6, 6.07) is 0. The molecule has 0 saturated heterocycles. The third kappa shape index (κ3) is 5.64. The van der Waals surface area contributed by atoms with Gasteiger partial charge in [-0.3, -0.25) is 0 Å². The van der Waals surface area contributed by atoms with Crippen molar-refractivity contribution in [3.63, 3.8) is 0 Å². The van der Waals surface area contributed by atoms with Crippen molar-refractivity contribution < 1.29 is 12.8 Å². The Hall–Kier alpha value is -0.173. The van der Waals surface area contributed by atoms with Gasteiger partial charge in [0.05, 0.1) is 11.9 Å². The summed E-state index contributed by atoms with van der Waals surface area (Å²) in [4.78, 5) is 0. The molecule has 4 nitrogen and oxygen atoms in total. The molecule has 6 heteroatoms. The van der Waals surface area contributed by atoms with Gasteiger partial charge in [0, 0.05) is 0 Å². The predicted molar refractivity (Wildman–Crippen MR) is 79.5 cm³/mol. The van der Waals surface area contributed by atoms with E-state index in [-0.39, 0.29) is 11.6 Å². The lowest BCUT2D eigenvalue weighted by molar-refractivity contribution is 0.280. The molecule has 0 fully saturated rings. The van der Waals surface area contributed by atoms with Crippen molar-refractivity contribution in [2.45, 2.75) is 57.0 Å². The molecule has 0 saturated carbocycles. The Labute approximate surface area is 113 Å². The zero-order valence-electron chi connectivity index (χ0n) is 12.2. The first-order chi connectivity index (χ1) is 7.92. The first-order valence-electron chi connectivity index (χ1n) is 6.18. The molecule has 0 aliphatic heterocycles. The number of hydrogen-bond acceptors (Lipinski definition) is 3. The van der Waals surface area contributed by atoms with Gasteiger partial charge in [-0.25, -0.2) is 13.6 Å². The highest BCUT2D eigenvalue weighted by Crippen LogP contribution is 2.36. The molecule has 0 amide bonds. The minimum Gasteiger partial charge on any atom is -0.415 e. The second-order valence-corrected chi connectivity index (χ2v) is 12.8. The van der Waals surface area contributed by atoms with Crippen LogP contribution in [0.15, 0.2) is 12.7 Å². The highest BCUT2D eigenvalue weighted by Gasteiger charge is 2.38. The van der Waals surface area contributed by atoms with E-state index in [2.05, 4.69) is 40.4 Å². The highest BCUT2D eigenvalue weighted by molar-refractivity contribution is 7.89. The molecule has 0 heterocycles. The molecule has 108 valence electrons. The number of rotatable bonds is 7. The summed E-state index contributed by atoms with van der Waals surface area (Å²) in [7, 11) is -5.49. The van der Waals surface area contributed by atoms with Crippen LogP contribution in [0.5, 0.6) is 0 Å². The van der Waals surface area contributed by atoms with Crippen molar-refractivity contribution in [3.05, 3.63) is 12.7 Å². The third-order valence-electron chi connectivity index (χ3n) is 3.59. The fraction of sp³-hybridized carbons (Fsp3) is 0.833. The minimum absolute atomic E-state index is 0.0638. The Balaban J connectivity index is 4.68. The van der Waals surface area contributed by atoms with Crippen molar-refractivity contribution in [3.8, 4) is 0 Å². The zero-order valence-corrected chi connectivity index (χ0v) is 14.0. The Kier molecular flexibility index (Phi) is 6.26. The summed E-state index contributed by atoms with van der Waals surface area (Å²) in [5.41, 5.74) is 0. The topological polar surface area (TPSA) is 69.4 Å². The smallest absolute Gasteiger partial charge is 0.214 e. The van der Waals surface area contributed by atoms with Gasteiger partial charge >= 0.3 is 0 Å². The summed E-state index contributed by atoms with van der Waals surface area (Å²) in [6.45, 7) is 14.3. The fourth-order valence-electron chi connectivity index (χ4n) is 1.16. The van der Waals surface area contributed by atoms with Gasteiger partial charge in [0.1, 0.15) is 0 Å². The second kappa shape index (κ2) is 6.32. The van der Waals surface area contributed by atoms with Crippen LogP contribution in [-0.4, -0.2) is 28.6 Å². The molecule has 0 radical (unpaired) electrons. The van der Waals surface area contributed by atoms with Crippen LogP contribution in [-0.2, 0) is 14.4 Å². The van der Waals surface area contributed by atoms with Crippen molar-refractivity contribution in [2.75, 3.05) is 6.61 Å². The summed E-state index contributed by atoms with van der Waals surface area (Å²) < 4.78 is 28.9. The zero-order chi connectivity index (χ0) is 14.6. The first kappa shape index (κ1) is 17.8. The van der Waals surface area contributed by atoms with Crippen LogP contribution in [0.25, 0.3) is 0 Å². The van der Waals surface area contributed by atoms with Crippen LogP contribution in [0.3, 0.4) is 0 Å². The van der Waals surface area contributed by atoms with E-state index in [9.17, 15) is 8.42 Å². The molecule has 0 bridgehead atoms. The van der Waals surface area contributed by atoms with E-state index in [0.717, 1.165) is 0 Å². The Bertz CT molecular complexity index is 371. The highest BCUT2D eigenvalue weighted by atomic mass is 32.2. The van der Waals surface area contributed by atoms with E-state index in [1.165, 1.54) is 0 Å². The molecule has 0 spiro atoms. The number of nitrogens with two attached hydrogens (primary N) is 1. The Morgan fingerprint density at radius 3 is 2.22 bits per heavy atom. The van der Waals surface area contributed by atoms with Crippen LogP contribution in [0, 0.1) is 0 Å². The van der Waals surface area contributed by atoms with Crippen molar-refractivity contribution in [1.29, 1.82) is 0 Å². The maximum absolute atomic E-state index is 11.5. The van der Waals surface area contributed by atoms with E-state index < -0.39 is 23.6 Å². The van der Waals surface area contributed by atoms with E-state index >= 15 is 0 Å². The summed E-state index contributed by atoms with van der Waals surface area (Å²) in [5.74, 6) is 0. The van der Waals surface area contributed by atoms with Gasteiger partial charge in [-0.1, -0.05) is 26.8 Å². The SMILES string of the molecule is C=CCCC(CO[Si](C)(C)C(C)(C)C)S(N)(=O)=O. The maximum Gasteiger partial charge on any atom is 0.214 e. The quantitative estimate of drug-likeness (QED) is 0.579. The van der Waals surface area contributed by atoms with Crippen molar-refractivity contribution in [2.24, 2.45) is 5.14 Å². The average Bonchev–Trinajstić information content (AvgIpc) is 2.13. The monoisotopic (exact) mass is 293 g/mol. The molecule has 0 aromatic carbocycles. The molecule has 0 aromatic rings. The van der Waals surface area contributed by atoms with E-state index in [1.54, 1.807) is 6.08 Å².